The number of halogens is 1. The number of hydrogen-bond donors (Lipinski definition) is 0. The molecule has 0 aliphatic heterocycles. The zero-order chi connectivity index (χ0) is 13.0. The van der Waals surface area contributed by atoms with Gasteiger partial charge in [0.25, 0.3) is 0 Å². The van der Waals surface area contributed by atoms with Crippen LogP contribution in [0.2, 0.25) is 0 Å². The summed E-state index contributed by atoms with van der Waals surface area (Å²) in [6.45, 7) is 0.970. The van der Waals surface area contributed by atoms with Gasteiger partial charge in [0.2, 0.25) is 12.0 Å². The molecule has 0 radical (unpaired) electrons. The second kappa shape index (κ2) is 5.00. The van der Waals surface area contributed by atoms with Crippen LogP contribution in [-0.2, 0) is 4.79 Å². The number of hydrogen-bond acceptors (Lipinski definition) is 4. The quantitative estimate of drug-likeness (QED) is 0.582. The molecule has 4 nitrogen and oxygen atoms in total. The van der Waals surface area contributed by atoms with Gasteiger partial charge in [0, 0.05) is 5.56 Å². The Morgan fingerprint density at radius 1 is 1.24 bits per heavy atom. The fraction of sp³-hybridized carbons (Fsp3) is 0.167. The van der Waals surface area contributed by atoms with Crippen LogP contribution in [0.5, 0.6) is 0 Å². The maximum absolute atomic E-state index is 13.2. The summed E-state index contributed by atoms with van der Waals surface area (Å²) < 4.78 is 13.2. The first-order valence-electron chi connectivity index (χ1n) is 4.64. The highest BCUT2D eigenvalue weighted by molar-refractivity contribution is 6.12. The van der Waals surface area contributed by atoms with Crippen LogP contribution in [0.15, 0.2) is 18.2 Å². The number of rotatable bonds is 3. The van der Waals surface area contributed by atoms with Gasteiger partial charge in [-0.2, -0.15) is 10.5 Å². The number of carbonyl (C=O) groups excluding carboxylic acids is 2. The molecular weight excluding hydrogens is 223 g/mol. The van der Waals surface area contributed by atoms with Crippen LogP contribution in [0.1, 0.15) is 28.4 Å². The van der Waals surface area contributed by atoms with Gasteiger partial charge in [-0.15, -0.1) is 0 Å². The minimum absolute atomic E-state index is 0.0193. The predicted octanol–water partition coefficient (Wildman–Crippen LogP) is 1.54. The third kappa shape index (κ3) is 2.53. The molecule has 0 heterocycles. The second-order valence-electron chi connectivity index (χ2n) is 3.32. The van der Waals surface area contributed by atoms with E-state index in [1.807, 2.05) is 0 Å². The summed E-state index contributed by atoms with van der Waals surface area (Å²) in [7, 11) is 0. The van der Waals surface area contributed by atoms with Crippen molar-refractivity contribution >= 4 is 11.6 Å². The molecule has 1 atom stereocenters. The highest BCUT2D eigenvalue weighted by Crippen LogP contribution is 2.13. The van der Waals surface area contributed by atoms with Crippen LogP contribution in [0.25, 0.3) is 0 Å². The van der Waals surface area contributed by atoms with Gasteiger partial charge in [-0.3, -0.25) is 9.59 Å². The third-order valence-corrected chi connectivity index (χ3v) is 2.13. The van der Waals surface area contributed by atoms with Crippen molar-refractivity contribution in [1.82, 2.24) is 0 Å². The standard InChI is InChI=1S/C12H7FN2O2/c1-7(16)11(13)12(17)8-2-3-9(5-14)10(4-8)6-15/h2-4,11H,1H3. The molecule has 0 aromatic heterocycles. The first kappa shape index (κ1) is 12.5. The summed E-state index contributed by atoms with van der Waals surface area (Å²) in [6, 6.07) is 7.07. The Kier molecular flexibility index (Phi) is 3.69. The summed E-state index contributed by atoms with van der Waals surface area (Å²) in [5.74, 6) is -1.89. The molecule has 0 saturated heterocycles. The molecule has 0 N–H and O–H groups in total. The zero-order valence-electron chi connectivity index (χ0n) is 8.90. The maximum atomic E-state index is 13.2. The van der Waals surface area contributed by atoms with E-state index in [1.165, 1.54) is 12.1 Å². The van der Waals surface area contributed by atoms with Crippen molar-refractivity contribution < 1.29 is 14.0 Å². The lowest BCUT2D eigenvalue weighted by atomic mass is 10.00. The fourth-order valence-electron chi connectivity index (χ4n) is 1.22. The summed E-state index contributed by atoms with van der Waals surface area (Å²) in [6.07, 6.45) is -2.23. The monoisotopic (exact) mass is 230 g/mol. The van der Waals surface area contributed by atoms with Gasteiger partial charge in [0.15, 0.2) is 5.78 Å². The van der Waals surface area contributed by atoms with Gasteiger partial charge in [-0.25, -0.2) is 4.39 Å². The molecule has 17 heavy (non-hydrogen) atoms. The fourth-order valence-corrected chi connectivity index (χ4v) is 1.22. The smallest absolute Gasteiger partial charge is 0.220 e. The topological polar surface area (TPSA) is 81.7 Å². The summed E-state index contributed by atoms with van der Waals surface area (Å²) >= 11 is 0. The number of ketones is 2. The second-order valence-corrected chi connectivity index (χ2v) is 3.32. The van der Waals surface area contributed by atoms with Crippen LogP contribution >= 0.6 is 0 Å². The third-order valence-electron chi connectivity index (χ3n) is 2.13. The maximum Gasteiger partial charge on any atom is 0.220 e. The zero-order valence-corrected chi connectivity index (χ0v) is 8.90. The van der Waals surface area contributed by atoms with E-state index in [2.05, 4.69) is 0 Å². The largest absolute Gasteiger partial charge is 0.296 e. The Morgan fingerprint density at radius 3 is 2.29 bits per heavy atom. The Bertz CT molecular complexity index is 567. The number of nitrogens with zero attached hydrogens (tertiary/aromatic N) is 2. The van der Waals surface area contributed by atoms with Gasteiger partial charge in [-0.05, 0) is 25.1 Å². The molecule has 5 heteroatoms. The summed E-state index contributed by atoms with van der Waals surface area (Å²) in [4.78, 5) is 22.2. The molecular formula is C12H7FN2O2. The Balaban J connectivity index is 3.19. The van der Waals surface area contributed by atoms with Crippen molar-refractivity contribution in [2.75, 3.05) is 0 Å². The van der Waals surface area contributed by atoms with Crippen LogP contribution < -0.4 is 0 Å². The van der Waals surface area contributed by atoms with Gasteiger partial charge in [0.05, 0.1) is 11.1 Å². The molecule has 0 amide bonds. The van der Waals surface area contributed by atoms with Gasteiger partial charge < -0.3 is 0 Å². The first-order valence-corrected chi connectivity index (χ1v) is 4.64. The number of alkyl halides is 1. The van der Waals surface area contributed by atoms with E-state index in [9.17, 15) is 14.0 Å². The normalized spacial score (nSPS) is 11.1. The van der Waals surface area contributed by atoms with E-state index in [1.54, 1.807) is 12.1 Å². The van der Waals surface area contributed by atoms with Gasteiger partial charge in [0.1, 0.15) is 12.1 Å². The number of benzene rings is 1. The molecule has 0 aliphatic rings. The number of nitriles is 2. The number of Topliss-reactive ketones (excluding diaryl/α,β-unsaturated/α-hetero) is 2. The van der Waals surface area contributed by atoms with Crippen molar-refractivity contribution in [3.05, 3.63) is 34.9 Å². The first-order chi connectivity index (χ1) is 8.01. The lowest BCUT2D eigenvalue weighted by Crippen LogP contribution is -2.23. The minimum Gasteiger partial charge on any atom is -0.296 e. The van der Waals surface area contributed by atoms with E-state index < -0.39 is 17.7 Å². The molecule has 0 saturated carbocycles. The van der Waals surface area contributed by atoms with Crippen molar-refractivity contribution in [1.29, 1.82) is 10.5 Å². The van der Waals surface area contributed by atoms with Crippen LogP contribution in [-0.4, -0.2) is 17.7 Å². The minimum atomic E-state index is -2.23. The highest BCUT2D eigenvalue weighted by atomic mass is 19.1. The Labute approximate surface area is 96.9 Å². The predicted molar refractivity (Wildman–Crippen MR) is 55.8 cm³/mol. The number of carbonyl (C=O) groups is 2. The van der Waals surface area contributed by atoms with Crippen LogP contribution in [0.4, 0.5) is 4.39 Å². The van der Waals surface area contributed by atoms with Crippen LogP contribution in [0, 0.1) is 22.7 Å². The highest BCUT2D eigenvalue weighted by Gasteiger charge is 2.24. The average molecular weight is 230 g/mol. The van der Waals surface area contributed by atoms with Gasteiger partial charge in [-0.1, -0.05) is 0 Å². The molecule has 1 rings (SSSR count). The van der Waals surface area contributed by atoms with E-state index in [0.717, 1.165) is 13.0 Å². The van der Waals surface area contributed by atoms with E-state index in [0.29, 0.717) is 0 Å². The van der Waals surface area contributed by atoms with Crippen molar-refractivity contribution in [3.63, 3.8) is 0 Å². The molecule has 0 spiro atoms. The molecule has 1 unspecified atom stereocenters. The molecule has 1 aromatic carbocycles. The van der Waals surface area contributed by atoms with Crippen molar-refractivity contribution in [2.24, 2.45) is 0 Å². The van der Waals surface area contributed by atoms with Crippen molar-refractivity contribution in [3.8, 4) is 12.1 Å². The Morgan fingerprint density at radius 2 is 1.82 bits per heavy atom. The van der Waals surface area contributed by atoms with Gasteiger partial charge >= 0.3 is 0 Å². The average Bonchev–Trinajstić information content (AvgIpc) is 2.35. The molecule has 0 aliphatic carbocycles. The van der Waals surface area contributed by atoms with E-state index in [-0.39, 0.29) is 16.7 Å². The molecule has 0 fully saturated rings. The van der Waals surface area contributed by atoms with E-state index >= 15 is 0 Å². The lowest BCUT2D eigenvalue weighted by molar-refractivity contribution is -0.120. The summed E-state index contributed by atoms with van der Waals surface area (Å²) in [5, 5.41) is 17.4. The molecule has 1 aromatic rings. The lowest BCUT2D eigenvalue weighted by Gasteiger charge is -2.04. The van der Waals surface area contributed by atoms with E-state index in [4.69, 9.17) is 10.5 Å². The van der Waals surface area contributed by atoms with Crippen molar-refractivity contribution in [2.45, 2.75) is 13.1 Å². The van der Waals surface area contributed by atoms with Crippen LogP contribution in [0.3, 0.4) is 0 Å². The molecule has 84 valence electrons. The Hall–Kier alpha value is -2.53. The summed E-state index contributed by atoms with van der Waals surface area (Å²) in [5.41, 5.74) is -0.0142. The molecule has 0 bridgehead atoms. The SMILES string of the molecule is CC(=O)C(F)C(=O)c1ccc(C#N)c(C#N)c1.